The van der Waals surface area contributed by atoms with Crippen LogP contribution in [0.2, 0.25) is 0 Å². The smallest absolute Gasteiger partial charge is 0.205 e. The molecule has 2 N–H and O–H groups in total. The average Bonchev–Trinajstić information content (AvgIpc) is 3.07. The predicted octanol–water partition coefficient (Wildman–Crippen LogP) is 2.87. The minimum absolute atomic E-state index is 0.327. The molecular weight excluding hydrogens is 248 g/mol. The minimum atomic E-state index is 0.327. The number of aryl methyl sites for hydroxylation is 1. The molecule has 1 atom stereocenters. The van der Waals surface area contributed by atoms with Crippen LogP contribution in [0.5, 0.6) is 0 Å². The molecule has 1 aliphatic carbocycles. The molecule has 1 saturated carbocycles. The van der Waals surface area contributed by atoms with Gasteiger partial charge in [-0.05, 0) is 45.4 Å². The van der Waals surface area contributed by atoms with Crippen LogP contribution >= 0.6 is 0 Å². The summed E-state index contributed by atoms with van der Waals surface area (Å²) in [6.45, 7) is 6.47. The van der Waals surface area contributed by atoms with Crippen LogP contribution in [-0.2, 0) is 0 Å². The van der Waals surface area contributed by atoms with E-state index in [4.69, 9.17) is 10.7 Å². The molecule has 0 spiro atoms. The zero-order valence-electron chi connectivity index (χ0n) is 12.9. The molecule has 0 bridgehead atoms. The maximum atomic E-state index is 6.05. The fraction of sp³-hybridized carbons (Fsp3) is 0.812. The molecule has 112 valence electrons. The predicted molar refractivity (Wildman–Crippen MR) is 83.1 cm³/mol. The van der Waals surface area contributed by atoms with Crippen molar-refractivity contribution in [2.24, 2.45) is 11.7 Å². The fourth-order valence-electron chi connectivity index (χ4n) is 3.81. The second-order valence-electron chi connectivity index (χ2n) is 6.71. The molecule has 0 radical (unpaired) electrons. The van der Waals surface area contributed by atoms with Gasteiger partial charge in [0, 0.05) is 31.4 Å². The van der Waals surface area contributed by atoms with Gasteiger partial charge in [-0.3, -0.25) is 0 Å². The Bertz CT molecular complexity index is 437. The summed E-state index contributed by atoms with van der Waals surface area (Å²) >= 11 is 0. The summed E-state index contributed by atoms with van der Waals surface area (Å²) in [4.78, 5) is 7.28. The van der Waals surface area contributed by atoms with Gasteiger partial charge >= 0.3 is 0 Å². The number of piperidine rings is 1. The van der Waals surface area contributed by atoms with E-state index >= 15 is 0 Å². The van der Waals surface area contributed by atoms with Crippen LogP contribution in [0.4, 0.5) is 5.95 Å². The highest BCUT2D eigenvalue weighted by atomic mass is 15.3. The molecule has 2 aliphatic rings. The van der Waals surface area contributed by atoms with Gasteiger partial charge in [-0.2, -0.15) is 0 Å². The van der Waals surface area contributed by atoms with Crippen molar-refractivity contribution in [3.05, 3.63) is 11.9 Å². The van der Waals surface area contributed by atoms with E-state index in [1.165, 1.54) is 44.5 Å². The first-order chi connectivity index (χ1) is 9.65. The molecule has 1 saturated heterocycles. The van der Waals surface area contributed by atoms with Gasteiger partial charge < -0.3 is 15.2 Å². The van der Waals surface area contributed by atoms with E-state index in [0.717, 1.165) is 18.8 Å². The number of imidazole rings is 1. The van der Waals surface area contributed by atoms with Gasteiger partial charge in [0.25, 0.3) is 0 Å². The number of anilines is 1. The lowest BCUT2D eigenvalue weighted by Gasteiger charge is -2.35. The Balaban J connectivity index is 1.74. The Morgan fingerprint density at radius 1 is 1.20 bits per heavy atom. The van der Waals surface area contributed by atoms with E-state index in [9.17, 15) is 0 Å². The van der Waals surface area contributed by atoms with E-state index in [1.54, 1.807) is 0 Å². The highest BCUT2D eigenvalue weighted by Gasteiger charge is 2.27. The number of rotatable bonds is 3. The molecule has 1 unspecified atom stereocenters. The number of nitrogens with two attached hydrogens (primary N) is 1. The van der Waals surface area contributed by atoms with Crippen LogP contribution < -0.4 is 10.6 Å². The summed E-state index contributed by atoms with van der Waals surface area (Å²) < 4.78 is 2.45. The Hall–Kier alpha value is -1.03. The number of hydrogen-bond donors (Lipinski definition) is 1. The first-order valence-corrected chi connectivity index (χ1v) is 8.21. The van der Waals surface area contributed by atoms with Gasteiger partial charge in [0.1, 0.15) is 0 Å². The minimum Gasteiger partial charge on any atom is -0.342 e. The third-order valence-corrected chi connectivity index (χ3v) is 5.12. The van der Waals surface area contributed by atoms with Crippen molar-refractivity contribution in [1.29, 1.82) is 0 Å². The molecular formula is C16H28N4. The number of nitrogens with zero attached hydrogens (tertiary/aromatic N) is 3. The molecule has 1 aromatic heterocycles. The standard InChI is InChI=1S/C16H28N4/c1-12-11-20(15-5-3-4-6-15)16(18-12)19-9-7-14(8-10-19)13(2)17/h11,13-15H,3-10,17H2,1-2H3. The maximum absolute atomic E-state index is 6.05. The Labute approximate surface area is 122 Å². The van der Waals surface area contributed by atoms with Crippen molar-refractivity contribution < 1.29 is 0 Å². The highest BCUT2D eigenvalue weighted by molar-refractivity contribution is 5.35. The van der Waals surface area contributed by atoms with Crippen molar-refractivity contribution in [2.45, 2.75) is 64.5 Å². The summed E-state index contributed by atoms with van der Waals surface area (Å²) in [5.41, 5.74) is 7.20. The van der Waals surface area contributed by atoms with Gasteiger partial charge in [0.2, 0.25) is 5.95 Å². The Morgan fingerprint density at radius 2 is 1.85 bits per heavy atom. The highest BCUT2D eigenvalue weighted by Crippen LogP contribution is 2.34. The normalized spacial score (nSPS) is 23.4. The molecule has 1 aliphatic heterocycles. The molecule has 20 heavy (non-hydrogen) atoms. The van der Waals surface area contributed by atoms with Crippen LogP contribution in [0, 0.1) is 12.8 Å². The summed E-state index contributed by atoms with van der Waals surface area (Å²) in [5.74, 6) is 1.89. The van der Waals surface area contributed by atoms with E-state index < -0.39 is 0 Å². The third-order valence-electron chi connectivity index (χ3n) is 5.12. The van der Waals surface area contributed by atoms with E-state index in [1.807, 2.05) is 0 Å². The van der Waals surface area contributed by atoms with E-state index in [0.29, 0.717) is 18.0 Å². The molecule has 0 aromatic carbocycles. The third kappa shape index (κ3) is 2.71. The second-order valence-corrected chi connectivity index (χ2v) is 6.71. The van der Waals surface area contributed by atoms with Gasteiger partial charge in [0.05, 0.1) is 5.69 Å². The molecule has 1 aromatic rings. The van der Waals surface area contributed by atoms with Crippen molar-refractivity contribution in [3.8, 4) is 0 Å². The summed E-state index contributed by atoms with van der Waals surface area (Å²) in [5, 5.41) is 0. The number of aromatic nitrogens is 2. The van der Waals surface area contributed by atoms with Gasteiger partial charge in [-0.25, -0.2) is 4.98 Å². The zero-order valence-corrected chi connectivity index (χ0v) is 12.9. The molecule has 2 heterocycles. The first-order valence-electron chi connectivity index (χ1n) is 8.21. The largest absolute Gasteiger partial charge is 0.342 e. The van der Waals surface area contributed by atoms with E-state index in [2.05, 4.69) is 29.5 Å². The second kappa shape index (κ2) is 5.76. The van der Waals surface area contributed by atoms with Crippen molar-refractivity contribution in [1.82, 2.24) is 9.55 Å². The molecule has 0 amide bonds. The average molecular weight is 276 g/mol. The summed E-state index contributed by atoms with van der Waals surface area (Å²) in [6.07, 6.45) is 10.0. The monoisotopic (exact) mass is 276 g/mol. The maximum Gasteiger partial charge on any atom is 0.205 e. The number of hydrogen-bond acceptors (Lipinski definition) is 3. The Morgan fingerprint density at radius 3 is 2.45 bits per heavy atom. The fourth-order valence-corrected chi connectivity index (χ4v) is 3.81. The van der Waals surface area contributed by atoms with Crippen LogP contribution in [-0.4, -0.2) is 28.7 Å². The molecule has 4 nitrogen and oxygen atoms in total. The van der Waals surface area contributed by atoms with Gasteiger partial charge in [0.15, 0.2) is 0 Å². The lowest BCUT2D eigenvalue weighted by atomic mass is 9.91. The lowest BCUT2D eigenvalue weighted by Crippen LogP contribution is -2.40. The first kappa shape index (κ1) is 13.9. The molecule has 4 heteroatoms. The summed E-state index contributed by atoms with van der Waals surface area (Å²) in [7, 11) is 0. The SMILES string of the molecule is Cc1cn(C2CCCC2)c(N2CCC(C(C)N)CC2)n1. The topological polar surface area (TPSA) is 47.1 Å². The van der Waals surface area contributed by atoms with E-state index in [-0.39, 0.29) is 0 Å². The van der Waals surface area contributed by atoms with Crippen LogP contribution in [0.1, 0.15) is 57.2 Å². The van der Waals surface area contributed by atoms with Crippen LogP contribution in [0.15, 0.2) is 6.20 Å². The lowest BCUT2D eigenvalue weighted by molar-refractivity contribution is 0.349. The van der Waals surface area contributed by atoms with Crippen LogP contribution in [0.3, 0.4) is 0 Å². The quantitative estimate of drug-likeness (QED) is 0.923. The van der Waals surface area contributed by atoms with Crippen molar-refractivity contribution >= 4 is 5.95 Å². The molecule has 3 rings (SSSR count). The van der Waals surface area contributed by atoms with Gasteiger partial charge in [-0.1, -0.05) is 12.8 Å². The zero-order chi connectivity index (χ0) is 14.1. The van der Waals surface area contributed by atoms with Gasteiger partial charge in [-0.15, -0.1) is 0 Å². The van der Waals surface area contributed by atoms with Crippen LogP contribution in [0.25, 0.3) is 0 Å². The summed E-state index contributed by atoms with van der Waals surface area (Å²) in [6, 6.07) is 1.01. The molecule has 2 fully saturated rings. The Kier molecular flexibility index (Phi) is 4.01. The van der Waals surface area contributed by atoms with Crippen molar-refractivity contribution in [3.63, 3.8) is 0 Å². The van der Waals surface area contributed by atoms with Crippen molar-refractivity contribution in [2.75, 3.05) is 18.0 Å².